The van der Waals surface area contributed by atoms with Gasteiger partial charge >= 0.3 is 0 Å². The van der Waals surface area contributed by atoms with E-state index < -0.39 is 6.10 Å². The molecule has 1 fully saturated rings. The van der Waals surface area contributed by atoms with E-state index in [9.17, 15) is 9.59 Å². The standard InChI is InChI=1S/C19H18Cl2N2O3/c1-11(18(24)22-15-9-13(20)8-14(21)10-15)26-17-5-3-2-4-16(17)23-19(25)12-6-7-12/h2-5,8-12H,6-7H2,1H3,(H,22,24)(H,23,25). The van der Waals surface area contributed by atoms with Gasteiger partial charge in [-0.2, -0.15) is 0 Å². The summed E-state index contributed by atoms with van der Waals surface area (Å²) in [4.78, 5) is 24.4. The number of hydrogen-bond acceptors (Lipinski definition) is 3. The maximum absolute atomic E-state index is 12.4. The van der Waals surface area contributed by atoms with Gasteiger partial charge in [0.05, 0.1) is 5.69 Å². The maximum atomic E-state index is 12.4. The summed E-state index contributed by atoms with van der Waals surface area (Å²) >= 11 is 11.9. The third kappa shape index (κ3) is 4.90. The molecule has 2 aromatic carbocycles. The molecule has 136 valence electrons. The summed E-state index contributed by atoms with van der Waals surface area (Å²) in [6.45, 7) is 1.63. The number of hydrogen-bond donors (Lipinski definition) is 2. The lowest BCUT2D eigenvalue weighted by molar-refractivity contribution is -0.122. The van der Waals surface area contributed by atoms with E-state index in [1.165, 1.54) is 0 Å². The third-order valence-corrected chi connectivity index (χ3v) is 4.33. The molecule has 1 atom stereocenters. The molecule has 2 aromatic rings. The molecule has 0 aliphatic heterocycles. The zero-order valence-corrected chi connectivity index (χ0v) is 15.6. The first kappa shape index (κ1) is 18.5. The minimum atomic E-state index is -0.785. The van der Waals surface area contributed by atoms with Crippen molar-refractivity contribution in [3.05, 3.63) is 52.5 Å². The molecular weight excluding hydrogens is 375 g/mol. The Morgan fingerprint density at radius 3 is 2.38 bits per heavy atom. The van der Waals surface area contributed by atoms with Crippen LogP contribution in [0.3, 0.4) is 0 Å². The van der Waals surface area contributed by atoms with Gasteiger partial charge in [0.25, 0.3) is 5.91 Å². The summed E-state index contributed by atoms with van der Waals surface area (Å²) in [6.07, 6.45) is 1.04. The van der Waals surface area contributed by atoms with Crippen molar-refractivity contribution in [2.24, 2.45) is 5.92 Å². The number of carbonyl (C=O) groups excluding carboxylic acids is 2. The highest BCUT2D eigenvalue weighted by Crippen LogP contribution is 2.32. The van der Waals surface area contributed by atoms with Gasteiger partial charge in [-0.3, -0.25) is 9.59 Å². The van der Waals surface area contributed by atoms with Crippen molar-refractivity contribution in [1.29, 1.82) is 0 Å². The molecule has 1 unspecified atom stereocenters. The summed E-state index contributed by atoms with van der Waals surface area (Å²) in [5, 5.41) is 6.41. The molecule has 1 saturated carbocycles. The fourth-order valence-corrected chi connectivity index (χ4v) is 2.89. The Labute approximate surface area is 161 Å². The smallest absolute Gasteiger partial charge is 0.265 e. The van der Waals surface area contributed by atoms with E-state index in [1.54, 1.807) is 49.4 Å². The number of amides is 2. The van der Waals surface area contributed by atoms with Crippen LogP contribution in [0.15, 0.2) is 42.5 Å². The van der Waals surface area contributed by atoms with Gasteiger partial charge in [0.15, 0.2) is 6.10 Å². The van der Waals surface area contributed by atoms with Gasteiger partial charge in [-0.05, 0) is 50.1 Å². The normalized spacial score (nSPS) is 14.4. The SMILES string of the molecule is CC(Oc1ccccc1NC(=O)C1CC1)C(=O)Nc1cc(Cl)cc(Cl)c1. The predicted molar refractivity (Wildman–Crippen MR) is 103 cm³/mol. The third-order valence-electron chi connectivity index (χ3n) is 3.90. The molecule has 2 amide bonds. The maximum Gasteiger partial charge on any atom is 0.265 e. The van der Waals surface area contributed by atoms with Crippen molar-refractivity contribution in [2.75, 3.05) is 10.6 Å². The number of carbonyl (C=O) groups is 2. The van der Waals surface area contributed by atoms with Gasteiger partial charge in [-0.25, -0.2) is 0 Å². The lowest BCUT2D eigenvalue weighted by atomic mass is 10.2. The lowest BCUT2D eigenvalue weighted by Crippen LogP contribution is -2.30. The summed E-state index contributed by atoms with van der Waals surface area (Å²) in [6, 6.07) is 11.8. The number of nitrogens with one attached hydrogen (secondary N) is 2. The molecule has 5 nitrogen and oxygen atoms in total. The van der Waals surface area contributed by atoms with E-state index in [4.69, 9.17) is 27.9 Å². The predicted octanol–water partition coefficient (Wildman–Crippen LogP) is 4.75. The second-order valence-electron chi connectivity index (χ2n) is 6.17. The monoisotopic (exact) mass is 392 g/mol. The fraction of sp³-hybridized carbons (Fsp3) is 0.263. The van der Waals surface area contributed by atoms with Gasteiger partial charge in [-0.15, -0.1) is 0 Å². The molecule has 0 aromatic heterocycles. The van der Waals surface area contributed by atoms with Crippen LogP contribution in [0.2, 0.25) is 10.0 Å². The molecule has 0 bridgehead atoms. The van der Waals surface area contributed by atoms with Crippen molar-refractivity contribution in [2.45, 2.75) is 25.9 Å². The molecule has 1 aliphatic rings. The lowest BCUT2D eigenvalue weighted by Gasteiger charge is -2.17. The van der Waals surface area contributed by atoms with E-state index in [-0.39, 0.29) is 17.7 Å². The number of ether oxygens (including phenoxy) is 1. The van der Waals surface area contributed by atoms with Crippen LogP contribution in [-0.2, 0) is 9.59 Å². The van der Waals surface area contributed by atoms with Gasteiger partial charge in [0.2, 0.25) is 5.91 Å². The second-order valence-corrected chi connectivity index (χ2v) is 7.04. The summed E-state index contributed by atoms with van der Waals surface area (Å²) < 4.78 is 5.75. The molecule has 26 heavy (non-hydrogen) atoms. The Balaban J connectivity index is 1.66. The number of halogens is 2. The van der Waals surface area contributed by atoms with Crippen LogP contribution >= 0.6 is 23.2 Å². The summed E-state index contributed by atoms with van der Waals surface area (Å²) in [7, 11) is 0. The largest absolute Gasteiger partial charge is 0.479 e. The van der Waals surface area contributed by atoms with E-state index in [0.717, 1.165) is 12.8 Å². The van der Waals surface area contributed by atoms with Crippen LogP contribution in [0.25, 0.3) is 0 Å². The van der Waals surface area contributed by atoms with Gasteiger partial charge < -0.3 is 15.4 Å². The van der Waals surface area contributed by atoms with Gasteiger partial charge in [0.1, 0.15) is 5.75 Å². The van der Waals surface area contributed by atoms with Crippen molar-refractivity contribution in [1.82, 2.24) is 0 Å². The van der Waals surface area contributed by atoms with Gasteiger partial charge in [-0.1, -0.05) is 35.3 Å². The van der Waals surface area contributed by atoms with Crippen molar-refractivity contribution in [3.63, 3.8) is 0 Å². The Morgan fingerprint density at radius 2 is 1.73 bits per heavy atom. The molecule has 1 aliphatic carbocycles. The van der Waals surface area contributed by atoms with E-state index in [1.807, 2.05) is 0 Å². The van der Waals surface area contributed by atoms with Gasteiger partial charge in [0, 0.05) is 21.7 Å². The topological polar surface area (TPSA) is 67.4 Å². The summed E-state index contributed by atoms with van der Waals surface area (Å²) in [5.41, 5.74) is 1.04. The van der Waals surface area contributed by atoms with E-state index in [0.29, 0.717) is 27.2 Å². The molecule has 3 rings (SSSR count). The first-order chi connectivity index (χ1) is 12.4. The molecule has 0 spiro atoms. The minimum Gasteiger partial charge on any atom is -0.479 e. The molecule has 0 radical (unpaired) electrons. The van der Waals surface area contributed by atoms with Crippen LogP contribution < -0.4 is 15.4 Å². The zero-order chi connectivity index (χ0) is 18.7. The number of rotatable bonds is 6. The first-order valence-corrected chi connectivity index (χ1v) is 9.01. The van der Waals surface area contributed by atoms with Crippen LogP contribution in [0.1, 0.15) is 19.8 Å². The highest BCUT2D eigenvalue weighted by atomic mass is 35.5. The molecule has 0 saturated heterocycles. The van der Waals surface area contributed by atoms with Crippen molar-refractivity contribution >= 4 is 46.4 Å². The average molecular weight is 393 g/mol. The van der Waals surface area contributed by atoms with Crippen LogP contribution in [0.4, 0.5) is 11.4 Å². The minimum absolute atomic E-state index is 0.0216. The number of anilines is 2. The van der Waals surface area contributed by atoms with Crippen molar-refractivity contribution < 1.29 is 14.3 Å². The fourth-order valence-electron chi connectivity index (χ4n) is 2.37. The quantitative estimate of drug-likeness (QED) is 0.745. The first-order valence-electron chi connectivity index (χ1n) is 8.26. The van der Waals surface area contributed by atoms with Crippen LogP contribution in [0.5, 0.6) is 5.75 Å². The van der Waals surface area contributed by atoms with E-state index in [2.05, 4.69) is 10.6 Å². The van der Waals surface area contributed by atoms with Crippen molar-refractivity contribution in [3.8, 4) is 5.75 Å². The Hall–Kier alpha value is -2.24. The van der Waals surface area contributed by atoms with Crippen LogP contribution in [-0.4, -0.2) is 17.9 Å². The Morgan fingerprint density at radius 1 is 1.08 bits per heavy atom. The number of benzene rings is 2. The average Bonchev–Trinajstić information content (AvgIpc) is 3.40. The number of para-hydroxylation sites is 2. The summed E-state index contributed by atoms with van der Waals surface area (Å²) in [5.74, 6) is 0.142. The molecular formula is C19H18Cl2N2O3. The Kier molecular flexibility index (Phi) is 5.69. The molecule has 0 heterocycles. The van der Waals surface area contributed by atoms with E-state index >= 15 is 0 Å². The molecule has 7 heteroatoms. The second kappa shape index (κ2) is 7.98. The zero-order valence-electron chi connectivity index (χ0n) is 14.1. The Bertz CT molecular complexity index is 817. The van der Waals surface area contributed by atoms with Crippen LogP contribution in [0, 0.1) is 5.92 Å². The highest BCUT2D eigenvalue weighted by molar-refractivity contribution is 6.35. The molecule has 2 N–H and O–H groups in total. The highest BCUT2D eigenvalue weighted by Gasteiger charge is 2.30.